The van der Waals surface area contributed by atoms with E-state index in [0.29, 0.717) is 18.8 Å². The van der Waals surface area contributed by atoms with Crippen LogP contribution >= 0.6 is 0 Å². The van der Waals surface area contributed by atoms with Gasteiger partial charge in [0.15, 0.2) is 0 Å². The Hall–Kier alpha value is -3.36. The number of rotatable bonds is 8. The lowest BCUT2D eigenvalue weighted by Crippen LogP contribution is -2.42. The Kier molecular flexibility index (Phi) is 6.51. The highest BCUT2D eigenvalue weighted by molar-refractivity contribution is 6.00. The number of methoxy groups -OCH3 is 1. The zero-order valence-electron chi connectivity index (χ0n) is 19.6. The normalized spacial score (nSPS) is 18.2. The van der Waals surface area contributed by atoms with E-state index in [2.05, 4.69) is 21.2 Å². The summed E-state index contributed by atoms with van der Waals surface area (Å²) in [6.07, 6.45) is 0. The van der Waals surface area contributed by atoms with Crippen LogP contribution in [0.15, 0.2) is 48.5 Å². The van der Waals surface area contributed by atoms with Crippen molar-refractivity contribution in [1.82, 2.24) is 20.0 Å². The number of nitrogens with one attached hydrogen (secondary N) is 1. The number of aromatic amines is 1. The summed E-state index contributed by atoms with van der Waals surface area (Å²) in [6, 6.07) is 15.5. The van der Waals surface area contributed by atoms with E-state index in [0.717, 1.165) is 66.7 Å². The molecule has 5 rings (SSSR count). The number of benzene rings is 2. The molecule has 2 aliphatic rings. The second kappa shape index (κ2) is 9.87. The minimum absolute atomic E-state index is 0.0256. The number of hydrogen-bond donors (Lipinski definition) is 1. The van der Waals surface area contributed by atoms with E-state index in [1.807, 2.05) is 54.3 Å². The molecule has 0 saturated carbocycles. The molecule has 1 N–H and O–H groups in total. The molecule has 0 radical (unpaired) electrons. The predicted octanol–water partition coefficient (Wildman–Crippen LogP) is 3.36. The summed E-state index contributed by atoms with van der Waals surface area (Å²) >= 11 is 0. The van der Waals surface area contributed by atoms with Crippen molar-refractivity contribution in [3.05, 3.63) is 65.4 Å². The molecular formula is C26H30N4O4. The van der Waals surface area contributed by atoms with Gasteiger partial charge in [0.2, 0.25) is 0 Å². The monoisotopic (exact) mass is 462 g/mol. The first-order chi connectivity index (χ1) is 16.7. The van der Waals surface area contributed by atoms with Gasteiger partial charge in [-0.2, -0.15) is 5.10 Å². The van der Waals surface area contributed by atoms with Crippen LogP contribution in [0, 0.1) is 0 Å². The molecule has 178 valence electrons. The molecule has 1 saturated heterocycles. The summed E-state index contributed by atoms with van der Waals surface area (Å²) in [5, 5.41) is 7.59. The van der Waals surface area contributed by atoms with E-state index < -0.39 is 0 Å². The Morgan fingerprint density at radius 3 is 2.62 bits per heavy atom. The molecule has 3 aromatic rings. The first-order valence-electron chi connectivity index (χ1n) is 11.8. The van der Waals surface area contributed by atoms with Crippen molar-refractivity contribution in [1.29, 1.82) is 0 Å². The maximum atomic E-state index is 13.6. The van der Waals surface area contributed by atoms with Crippen LogP contribution in [0.25, 0.3) is 11.3 Å². The molecule has 34 heavy (non-hydrogen) atoms. The van der Waals surface area contributed by atoms with Gasteiger partial charge >= 0.3 is 0 Å². The number of morpholine rings is 1. The summed E-state index contributed by atoms with van der Waals surface area (Å²) in [4.78, 5) is 17.9. The summed E-state index contributed by atoms with van der Waals surface area (Å²) in [7, 11) is 1.65. The smallest absolute Gasteiger partial charge is 0.273 e. The second-order valence-corrected chi connectivity index (χ2v) is 8.45. The maximum Gasteiger partial charge on any atom is 0.273 e. The Morgan fingerprint density at radius 2 is 1.88 bits per heavy atom. The second-order valence-electron chi connectivity index (χ2n) is 8.45. The van der Waals surface area contributed by atoms with E-state index in [1.165, 1.54) is 0 Å². The highest BCUT2D eigenvalue weighted by Crippen LogP contribution is 2.43. The van der Waals surface area contributed by atoms with Crippen LogP contribution in [0.2, 0.25) is 0 Å². The highest BCUT2D eigenvalue weighted by Gasteiger charge is 2.42. The van der Waals surface area contributed by atoms with Gasteiger partial charge in [0, 0.05) is 37.3 Å². The van der Waals surface area contributed by atoms with Crippen molar-refractivity contribution in [2.24, 2.45) is 0 Å². The first-order valence-corrected chi connectivity index (χ1v) is 11.8. The largest absolute Gasteiger partial charge is 0.497 e. The van der Waals surface area contributed by atoms with Crippen molar-refractivity contribution in [3.63, 3.8) is 0 Å². The van der Waals surface area contributed by atoms with Crippen molar-refractivity contribution in [3.8, 4) is 22.8 Å². The number of carbonyl (C=O) groups excluding carboxylic acids is 1. The molecule has 1 atom stereocenters. The molecule has 2 aliphatic heterocycles. The lowest BCUT2D eigenvalue weighted by molar-refractivity contribution is 0.0316. The van der Waals surface area contributed by atoms with Crippen molar-refractivity contribution < 1.29 is 19.0 Å². The van der Waals surface area contributed by atoms with E-state index in [-0.39, 0.29) is 11.9 Å². The molecule has 1 aromatic heterocycles. The van der Waals surface area contributed by atoms with E-state index in [1.54, 1.807) is 7.11 Å². The summed E-state index contributed by atoms with van der Waals surface area (Å²) in [6.45, 7) is 7.21. The van der Waals surface area contributed by atoms with E-state index in [9.17, 15) is 4.79 Å². The molecular weight excluding hydrogens is 432 g/mol. The summed E-state index contributed by atoms with van der Waals surface area (Å²) < 4.78 is 16.6. The van der Waals surface area contributed by atoms with Crippen molar-refractivity contribution in [2.45, 2.75) is 13.0 Å². The zero-order valence-corrected chi connectivity index (χ0v) is 19.6. The van der Waals surface area contributed by atoms with Crippen LogP contribution in [0.5, 0.6) is 11.5 Å². The lowest BCUT2D eigenvalue weighted by atomic mass is 9.96. The van der Waals surface area contributed by atoms with Crippen LogP contribution in [0.3, 0.4) is 0 Å². The number of aromatic nitrogens is 2. The molecule has 8 nitrogen and oxygen atoms in total. The molecule has 0 aliphatic carbocycles. The quantitative estimate of drug-likeness (QED) is 0.553. The maximum absolute atomic E-state index is 13.6. The zero-order chi connectivity index (χ0) is 23.5. The predicted molar refractivity (Wildman–Crippen MR) is 128 cm³/mol. The van der Waals surface area contributed by atoms with Gasteiger partial charge in [-0.25, -0.2) is 0 Å². The molecule has 0 bridgehead atoms. The molecule has 0 spiro atoms. The molecule has 1 unspecified atom stereocenters. The van der Waals surface area contributed by atoms with Gasteiger partial charge in [-0.3, -0.25) is 14.8 Å². The molecule has 1 amide bonds. The topological polar surface area (TPSA) is 79.9 Å². The van der Waals surface area contributed by atoms with Gasteiger partial charge in [0.05, 0.1) is 38.7 Å². The Balaban J connectivity index is 1.53. The van der Waals surface area contributed by atoms with Gasteiger partial charge in [-0.1, -0.05) is 12.1 Å². The average Bonchev–Trinajstić information content (AvgIpc) is 3.42. The number of amides is 1. The minimum atomic E-state index is -0.250. The fraction of sp³-hybridized carbons (Fsp3) is 0.385. The van der Waals surface area contributed by atoms with E-state index >= 15 is 0 Å². The number of nitrogens with zero attached hydrogens (tertiary/aromatic N) is 3. The molecule has 1 fully saturated rings. The third-order valence-corrected chi connectivity index (χ3v) is 6.47. The van der Waals surface area contributed by atoms with Gasteiger partial charge in [-0.05, 0) is 48.9 Å². The standard InChI is InChI=1S/C26H30N4O4/c1-3-34-21-6-4-5-19(17-21)25-22-23(18-7-9-20(32-2)10-8-18)27-28-24(22)26(31)30(25)12-11-29-13-15-33-16-14-29/h4-10,17,25H,3,11-16H2,1-2H3,(H,27,28). The van der Waals surface area contributed by atoms with Crippen molar-refractivity contribution >= 4 is 5.91 Å². The number of fused-ring (bicyclic) bond motifs is 1. The van der Waals surface area contributed by atoms with E-state index in [4.69, 9.17) is 14.2 Å². The van der Waals surface area contributed by atoms with Crippen LogP contribution in [-0.4, -0.2) is 79.0 Å². The van der Waals surface area contributed by atoms with Gasteiger partial charge < -0.3 is 19.1 Å². The third kappa shape index (κ3) is 4.26. The minimum Gasteiger partial charge on any atom is -0.497 e. The van der Waals surface area contributed by atoms with Crippen molar-refractivity contribution in [2.75, 3.05) is 53.1 Å². The third-order valence-electron chi connectivity index (χ3n) is 6.47. The Labute approximate surface area is 199 Å². The SMILES string of the molecule is CCOc1cccc(C2c3c(-c4ccc(OC)cc4)n[nH]c3C(=O)N2CCN2CCOCC2)c1. The van der Waals surface area contributed by atoms with Gasteiger partial charge in [-0.15, -0.1) is 0 Å². The lowest BCUT2D eigenvalue weighted by Gasteiger charge is -2.31. The molecule has 3 heterocycles. The number of carbonyl (C=O) groups is 1. The molecule has 2 aromatic carbocycles. The summed E-state index contributed by atoms with van der Waals surface area (Å²) in [5.41, 5.74) is 4.19. The number of hydrogen-bond acceptors (Lipinski definition) is 6. The number of H-pyrrole nitrogens is 1. The van der Waals surface area contributed by atoms with Crippen LogP contribution in [0.4, 0.5) is 0 Å². The van der Waals surface area contributed by atoms with Crippen LogP contribution < -0.4 is 9.47 Å². The summed E-state index contributed by atoms with van der Waals surface area (Å²) in [5.74, 6) is 1.55. The van der Waals surface area contributed by atoms with Gasteiger partial charge in [0.25, 0.3) is 5.91 Å². The molecule has 8 heteroatoms. The number of ether oxygens (including phenoxy) is 3. The first kappa shape index (κ1) is 22.4. The fourth-order valence-corrected chi connectivity index (χ4v) is 4.76. The van der Waals surface area contributed by atoms with Crippen LogP contribution in [-0.2, 0) is 4.74 Å². The van der Waals surface area contributed by atoms with Crippen LogP contribution in [0.1, 0.15) is 34.6 Å². The fourth-order valence-electron chi connectivity index (χ4n) is 4.76. The Bertz CT molecular complexity index is 1140. The Morgan fingerprint density at radius 1 is 1.09 bits per heavy atom. The van der Waals surface area contributed by atoms with Gasteiger partial charge in [0.1, 0.15) is 17.2 Å². The highest BCUT2D eigenvalue weighted by atomic mass is 16.5. The average molecular weight is 463 g/mol.